The molecule has 52 heavy (non-hydrogen) atoms. The molecule has 0 unspecified atom stereocenters. The maximum Gasteiger partial charge on any atom is 2.00 e. The summed E-state index contributed by atoms with van der Waals surface area (Å²) in [5, 5.41) is 20.9. The zero-order valence-corrected chi connectivity index (χ0v) is 38.6. The molecule has 0 aliphatic heterocycles. The van der Waals surface area contributed by atoms with Gasteiger partial charge in [-0.1, -0.05) is 6.92 Å². The molecule has 0 heterocycles. The molecular weight excluding hydrogens is 887 g/mol. The second-order valence-corrected chi connectivity index (χ2v) is 20.2. The molecule has 10 aliphatic rings. The van der Waals surface area contributed by atoms with Gasteiger partial charge in [-0.25, -0.2) is 17.6 Å². The van der Waals surface area contributed by atoms with Crippen molar-refractivity contribution < 1.29 is 49.5 Å². The third-order valence-electron chi connectivity index (χ3n) is 16.9. The van der Waals surface area contributed by atoms with E-state index >= 15 is 0 Å². The topological polar surface area (TPSA) is 74.6 Å². The molecule has 8 heteroatoms. The van der Waals surface area contributed by atoms with Gasteiger partial charge in [-0.2, -0.15) is 0 Å². The number of hydrogen-bond donors (Lipinski definition) is 2. The van der Waals surface area contributed by atoms with Crippen LogP contribution in [0.2, 0.25) is 0 Å². The van der Waals surface area contributed by atoms with Gasteiger partial charge in [0, 0.05) is 17.8 Å². The van der Waals surface area contributed by atoms with Crippen molar-refractivity contribution in [1.29, 1.82) is 0 Å². The molecule has 10 aliphatic carbocycles. The van der Waals surface area contributed by atoms with Crippen LogP contribution >= 0.6 is 20.3 Å². The molecule has 10 rings (SSSR count). The van der Waals surface area contributed by atoms with Gasteiger partial charge in [0.25, 0.3) is 0 Å². The summed E-state index contributed by atoms with van der Waals surface area (Å²) in [5.74, 6) is 9.80. The summed E-state index contributed by atoms with van der Waals surface area (Å²) in [7, 11) is 0. The van der Waals surface area contributed by atoms with Crippen LogP contribution in [-0.4, -0.2) is 56.0 Å². The summed E-state index contributed by atoms with van der Waals surface area (Å²) >= 11 is 5.87. The summed E-state index contributed by atoms with van der Waals surface area (Å²) in [4.78, 5) is 25.1. The average molecular weight is 954 g/mol. The Balaban J connectivity index is 0.000000173. The molecule has 0 spiro atoms. The maximum absolute atomic E-state index is 12.9. The first-order valence-corrected chi connectivity index (χ1v) is 23.9. The van der Waals surface area contributed by atoms with E-state index < -0.39 is 11.2 Å². The predicted octanol–water partition coefficient (Wildman–Crippen LogP) is 6.62. The average Bonchev–Trinajstić information content (AvgIpc) is 4.02. The Morgan fingerprint density at radius 2 is 1.12 bits per heavy atom. The van der Waals surface area contributed by atoms with Crippen molar-refractivity contribution >= 4 is 55.0 Å². The standard InChI is InChI=1S/C22H34O2.C19H27O2.C3H5.BrH.Cu.HI.Mg/c1-21(24)9-7-15-14(12-21)5-6-17-16(15)8-10-22(2)19(23)11-18(20(17)22)13-3-4-13;1-18(21)9-7-13-12(11-18)3-4-15-14(13)8-10-19(2)16(15)5-6-17(19)20;1-2-3-1;;;;/h13-18,20,24H,3-12H2,1-2H3;5,12-16,21H,3-4,7-11H2,1-2H3;1H,2-3H2;1H;;1H;/q;+1;-1;;+1;;+2/p-2/t14-,15+,16-,17-,18+,20-,21-,22-;12-,13+,14-,15-,16+,18-,19+;;;;;/m11...../s1. The monoisotopic (exact) mass is 951 g/mol. The van der Waals surface area contributed by atoms with E-state index in [0.29, 0.717) is 29.5 Å². The first-order chi connectivity index (χ1) is 23.8. The molecule has 0 aromatic rings. The van der Waals surface area contributed by atoms with Gasteiger partial charge in [0.1, 0.15) is 5.78 Å². The molecule has 0 aromatic heterocycles. The van der Waals surface area contributed by atoms with Crippen LogP contribution in [0.1, 0.15) is 150 Å². The SMILES string of the molecule is C[C@@]1(O)CC[C@H]2[C@H](CC[C@@H]3[C@@H]2CC[C@]2(C)C(=O)C[C@@H](C4CC4)[C@@H]32)C1.C[C@@]1(O)CC[C@H]2[C@H](CC[C@@H]3[C@@H]2CC[C@]2(C)C(=O)[C+]=C[C@@H]32)C1.[Br-].[CH-]1CC1.[Cu][I].[Mg+2]. The maximum atomic E-state index is 12.9. The number of fused-ring (bicyclic) bond motifs is 10. The minimum atomic E-state index is -0.436. The Morgan fingerprint density at radius 3 is 1.63 bits per heavy atom. The van der Waals surface area contributed by atoms with Gasteiger partial charge in [0.2, 0.25) is 0 Å². The van der Waals surface area contributed by atoms with Gasteiger partial charge in [-0.05, 0) is 189 Å². The number of carbonyl (C=O) groups excluding carboxylic acids is 2. The quantitative estimate of drug-likeness (QED) is 0.176. The van der Waals surface area contributed by atoms with E-state index in [0.717, 1.165) is 92.3 Å². The molecule has 2 N–H and O–H groups in total. The van der Waals surface area contributed by atoms with Gasteiger partial charge in [-0.15, -0.1) is 0 Å². The van der Waals surface area contributed by atoms with Crippen molar-refractivity contribution in [2.45, 2.75) is 161 Å². The van der Waals surface area contributed by atoms with Crippen LogP contribution in [0, 0.1) is 94.3 Å². The molecule has 9 fully saturated rings. The first kappa shape index (κ1) is 44.5. The molecule has 15 atom stereocenters. The van der Waals surface area contributed by atoms with E-state index in [-0.39, 0.29) is 56.6 Å². The van der Waals surface area contributed by atoms with Crippen LogP contribution in [0.15, 0.2) is 6.08 Å². The summed E-state index contributed by atoms with van der Waals surface area (Å²) in [6, 6.07) is 0. The summed E-state index contributed by atoms with van der Waals surface area (Å²) in [5.41, 5.74) is -0.985. The van der Waals surface area contributed by atoms with Crippen molar-refractivity contribution in [2.75, 3.05) is 0 Å². The van der Waals surface area contributed by atoms with E-state index in [9.17, 15) is 19.8 Å². The molecule has 0 aromatic carbocycles. The van der Waals surface area contributed by atoms with E-state index in [1.807, 2.05) is 13.8 Å². The van der Waals surface area contributed by atoms with Crippen LogP contribution < -0.4 is 17.0 Å². The number of hydrogen-bond acceptors (Lipinski definition) is 4. The molecule has 9 saturated carbocycles. The normalized spacial score (nSPS) is 50.3. The van der Waals surface area contributed by atoms with E-state index in [4.69, 9.17) is 0 Å². The van der Waals surface area contributed by atoms with Crippen LogP contribution in [-0.2, 0) is 22.4 Å². The van der Waals surface area contributed by atoms with Gasteiger partial charge >= 0.3 is 68.0 Å². The fourth-order valence-corrected chi connectivity index (χ4v) is 14.2. The molecular formula is C44H66BrCuIMgO4+. The van der Waals surface area contributed by atoms with E-state index in [1.54, 1.807) is 20.3 Å². The Morgan fingerprint density at radius 1 is 0.654 bits per heavy atom. The number of Topliss-reactive ketones (excluding diaryl/α,β-unsaturated/α-hetero) is 2. The number of aliphatic hydroxyl groups is 2. The number of carbonyl (C=O) groups is 2. The first-order valence-electron chi connectivity index (χ1n) is 20.9. The number of halogens is 2. The molecule has 0 bridgehead atoms. The van der Waals surface area contributed by atoms with Crippen LogP contribution in [0.25, 0.3) is 0 Å². The van der Waals surface area contributed by atoms with Gasteiger partial charge in [-0.3, -0.25) is 4.79 Å². The smallest absolute Gasteiger partial charge is 2.00 e. The Kier molecular flexibility index (Phi) is 14.8. The van der Waals surface area contributed by atoms with Gasteiger partial charge < -0.3 is 33.6 Å². The van der Waals surface area contributed by atoms with E-state index in [2.05, 4.69) is 45.2 Å². The van der Waals surface area contributed by atoms with Crippen molar-refractivity contribution in [3.63, 3.8) is 0 Å². The third-order valence-corrected chi connectivity index (χ3v) is 16.9. The predicted molar refractivity (Wildman–Crippen MR) is 209 cm³/mol. The molecule has 0 amide bonds. The molecule has 292 valence electrons. The second kappa shape index (κ2) is 17.3. The van der Waals surface area contributed by atoms with Crippen molar-refractivity contribution in [1.82, 2.24) is 0 Å². The second-order valence-electron chi connectivity index (χ2n) is 20.2. The van der Waals surface area contributed by atoms with Crippen LogP contribution in [0.3, 0.4) is 0 Å². The minimum Gasteiger partial charge on any atom is 2.00 e. The zero-order chi connectivity index (χ0) is 35.6. The van der Waals surface area contributed by atoms with E-state index in [1.165, 1.54) is 77.0 Å². The fraction of sp³-hybridized carbons (Fsp3) is 0.886. The summed E-state index contributed by atoms with van der Waals surface area (Å²) < 4.78 is 0. The van der Waals surface area contributed by atoms with Crippen molar-refractivity contribution in [3.05, 3.63) is 18.6 Å². The van der Waals surface area contributed by atoms with Gasteiger partial charge in [0.15, 0.2) is 6.08 Å². The van der Waals surface area contributed by atoms with Gasteiger partial charge in [0.05, 0.1) is 16.6 Å². The summed E-state index contributed by atoms with van der Waals surface area (Å²) in [6.07, 6.45) is 30.0. The van der Waals surface area contributed by atoms with Crippen LogP contribution in [0.4, 0.5) is 0 Å². The van der Waals surface area contributed by atoms with Crippen molar-refractivity contribution in [3.8, 4) is 0 Å². The fourth-order valence-electron chi connectivity index (χ4n) is 14.2. The zero-order valence-electron chi connectivity index (χ0n) is 32.5. The van der Waals surface area contributed by atoms with Crippen LogP contribution in [0.5, 0.6) is 0 Å². The number of ketones is 2. The molecule has 4 nitrogen and oxygen atoms in total. The van der Waals surface area contributed by atoms with Crippen molar-refractivity contribution in [2.24, 2.45) is 81.8 Å². The largest absolute Gasteiger partial charge is 2.00 e. The Labute approximate surface area is 362 Å². The summed E-state index contributed by atoms with van der Waals surface area (Å²) in [6.45, 7) is 8.56. The number of allylic oxidation sites excluding steroid dienone is 2. The minimum absolute atomic E-state index is 0. The Bertz CT molecular complexity index is 1300. The third kappa shape index (κ3) is 8.72. The number of rotatable bonds is 1. The molecule has 0 radical (unpaired) electrons. The molecule has 0 saturated heterocycles. The Hall–Kier alpha value is 1.41.